The van der Waals surface area contributed by atoms with Crippen molar-refractivity contribution in [1.82, 2.24) is 0 Å². The lowest BCUT2D eigenvalue weighted by Crippen LogP contribution is -2.03. The summed E-state index contributed by atoms with van der Waals surface area (Å²) in [6.07, 6.45) is 17.4. The molecule has 0 unspecified atom stereocenters. The Morgan fingerprint density at radius 2 is 0.833 bits per heavy atom. The van der Waals surface area contributed by atoms with Gasteiger partial charge in [-0.1, -0.05) is 0 Å². The van der Waals surface area contributed by atoms with Crippen LogP contribution in [0.15, 0.2) is 0 Å². The van der Waals surface area contributed by atoms with Gasteiger partial charge in [0.15, 0.2) is 0 Å². The molecule has 0 aromatic heterocycles. The molecule has 0 radical (unpaired) electrons. The number of unbranched alkanes of at least 4 members (excludes halogenated alkanes) is 1. The van der Waals surface area contributed by atoms with Gasteiger partial charge in [0.25, 0.3) is 0 Å². The molecule has 0 aliphatic rings. The van der Waals surface area contributed by atoms with Crippen LogP contribution in [0.1, 0.15) is 12.8 Å². The van der Waals surface area contributed by atoms with E-state index in [-0.39, 0.29) is 20.1 Å². The zero-order chi connectivity index (χ0) is 9.83. The first kappa shape index (κ1) is 12.7. The largest absolute Gasteiger partial charge is 0.250 e. The van der Waals surface area contributed by atoms with Gasteiger partial charge in [-0.05, 0) is 61.9 Å². The topological polar surface area (TPSA) is 0 Å². The van der Waals surface area contributed by atoms with E-state index in [1.807, 2.05) is 0 Å². The van der Waals surface area contributed by atoms with E-state index in [0.717, 1.165) is 0 Å². The Morgan fingerprint density at radius 1 is 0.583 bits per heavy atom. The van der Waals surface area contributed by atoms with Gasteiger partial charge in [0.1, 0.15) is 0 Å². The van der Waals surface area contributed by atoms with Gasteiger partial charge in [-0.2, -0.15) is 0 Å². The average molecular weight is 210 g/mol. The first-order chi connectivity index (χ1) is 5.21. The predicted molar refractivity (Wildman–Crippen MR) is 69.7 cm³/mol. The van der Waals surface area contributed by atoms with E-state index in [9.17, 15) is 0 Å². The third-order valence-corrected chi connectivity index (χ3v) is 4.79. The molecule has 12 heavy (non-hydrogen) atoms. The second kappa shape index (κ2) is 4.80. The van der Waals surface area contributed by atoms with Crippen molar-refractivity contribution in [1.29, 1.82) is 0 Å². The van der Waals surface area contributed by atoms with Crippen molar-refractivity contribution in [2.24, 2.45) is 0 Å². The van der Waals surface area contributed by atoms with Crippen LogP contribution in [0, 0.1) is 0 Å². The quantitative estimate of drug-likeness (QED) is 0.612. The van der Waals surface area contributed by atoms with Crippen LogP contribution in [-0.2, 0) is 0 Å². The van der Waals surface area contributed by atoms with Crippen molar-refractivity contribution in [3.8, 4) is 0 Å². The Labute approximate surface area is 82.1 Å². The number of hydrogen-bond donors (Lipinski definition) is 0. The van der Waals surface area contributed by atoms with Crippen molar-refractivity contribution in [3.05, 3.63) is 0 Å². The minimum atomic E-state index is -0.233. The molecular weight excluding hydrogens is 184 g/mol. The Hall–Kier alpha value is 0.700. The highest BCUT2D eigenvalue weighted by molar-refractivity contribution is 8.32. The summed E-state index contributed by atoms with van der Waals surface area (Å²) in [5.74, 6) is 2.92. The summed E-state index contributed by atoms with van der Waals surface area (Å²) in [6, 6.07) is 0. The Kier molecular flexibility index (Phi) is 5.08. The summed E-state index contributed by atoms with van der Waals surface area (Å²) in [5, 5.41) is 0. The van der Waals surface area contributed by atoms with Crippen molar-refractivity contribution in [2.45, 2.75) is 12.8 Å². The molecule has 0 aliphatic carbocycles. The van der Waals surface area contributed by atoms with E-state index in [0.29, 0.717) is 0 Å². The van der Waals surface area contributed by atoms with Crippen LogP contribution in [-0.4, -0.2) is 49.0 Å². The first-order valence-corrected chi connectivity index (χ1v) is 10.6. The highest BCUT2D eigenvalue weighted by Gasteiger charge is 2.06. The summed E-state index contributed by atoms with van der Waals surface area (Å²) in [4.78, 5) is 0. The van der Waals surface area contributed by atoms with E-state index < -0.39 is 0 Å². The third-order valence-electron chi connectivity index (χ3n) is 1.76. The van der Waals surface area contributed by atoms with Crippen molar-refractivity contribution in [2.75, 3.05) is 49.0 Å². The predicted octanol–water partition coefficient (Wildman–Crippen LogP) is 3.15. The molecule has 0 atom stereocenters. The SMILES string of the molecule is CS(C)(C)CCCCS(C)(C)C. The summed E-state index contributed by atoms with van der Waals surface area (Å²) >= 11 is 0. The summed E-state index contributed by atoms with van der Waals surface area (Å²) < 4.78 is 0. The maximum Gasteiger partial charge on any atom is -0.0235 e. The molecule has 0 saturated carbocycles. The molecule has 0 bridgehead atoms. The molecule has 0 fully saturated rings. The maximum absolute atomic E-state index is 2.41. The Bertz CT molecular complexity index is 101. The van der Waals surface area contributed by atoms with Crippen LogP contribution in [0.5, 0.6) is 0 Å². The van der Waals surface area contributed by atoms with E-state index in [1.165, 1.54) is 24.3 Å². The van der Waals surface area contributed by atoms with Gasteiger partial charge in [0.2, 0.25) is 0 Å². The number of hydrogen-bond acceptors (Lipinski definition) is 0. The van der Waals surface area contributed by atoms with Crippen LogP contribution >= 0.6 is 20.1 Å². The monoisotopic (exact) mass is 210 g/mol. The van der Waals surface area contributed by atoms with Gasteiger partial charge >= 0.3 is 0 Å². The molecule has 0 aromatic carbocycles. The molecule has 0 amide bonds. The van der Waals surface area contributed by atoms with Gasteiger partial charge in [-0.15, -0.1) is 0 Å². The Morgan fingerprint density at radius 3 is 1.00 bits per heavy atom. The standard InChI is InChI=1S/C10H26S2/c1-11(2,3)9-7-8-10-12(4,5)6/h7-10H2,1-6H3. The fourth-order valence-corrected chi connectivity index (χ4v) is 3.21. The highest BCUT2D eigenvalue weighted by Crippen LogP contribution is 2.38. The average Bonchev–Trinajstić information content (AvgIpc) is 1.76. The summed E-state index contributed by atoms with van der Waals surface area (Å²) in [7, 11) is -0.465. The minimum Gasteiger partial charge on any atom is -0.250 e. The fraction of sp³-hybridized carbons (Fsp3) is 1.00. The summed E-state index contributed by atoms with van der Waals surface area (Å²) in [5.41, 5.74) is 0. The van der Waals surface area contributed by atoms with E-state index >= 15 is 0 Å². The fourth-order valence-electron chi connectivity index (χ4n) is 1.07. The molecule has 0 heterocycles. The highest BCUT2D eigenvalue weighted by atomic mass is 32.3. The lowest BCUT2D eigenvalue weighted by atomic mass is 10.4. The van der Waals surface area contributed by atoms with Crippen LogP contribution in [0.4, 0.5) is 0 Å². The van der Waals surface area contributed by atoms with Gasteiger partial charge in [0, 0.05) is 0 Å². The number of rotatable bonds is 5. The van der Waals surface area contributed by atoms with Crippen LogP contribution in [0.25, 0.3) is 0 Å². The molecular formula is C10H26S2. The van der Waals surface area contributed by atoms with Crippen molar-refractivity contribution < 1.29 is 0 Å². The second-order valence-corrected chi connectivity index (χ2v) is 14.5. The van der Waals surface area contributed by atoms with Crippen LogP contribution in [0.3, 0.4) is 0 Å². The molecule has 0 aromatic rings. The molecule has 0 rings (SSSR count). The van der Waals surface area contributed by atoms with Crippen LogP contribution in [0.2, 0.25) is 0 Å². The van der Waals surface area contributed by atoms with Gasteiger partial charge < -0.3 is 0 Å². The molecule has 0 N–H and O–H groups in total. The molecule has 78 valence electrons. The van der Waals surface area contributed by atoms with E-state index in [4.69, 9.17) is 0 Å². The minimum absolute atomic E-state index is 0.233. The molecule has 0 spiro atoms. The Balaban J connectivity index is 3.35. The van der Waals surface area contributed by atoms with Crippen molar-refractivity contribution >= 4 is 20.1 Å². The zero-order valence-corrected chi connectivity index (χ0v) is 11.3. The van der Waals surface area contributed by atoms with Crippen molar-refractivity contribution in [3.63, 3.8) is 0 Å². The van der Waals surface area contributed by atoms with E-state index in [1.54, 1.807) is 0 Å². The molecule has 0 saturated heterocycles. The van der Waals surface area contributed by atoms with Crippen LogP contribution < -0.4 is 0 Å². The molecule has 0 aliphatic heterocycles. The van der Waals surface area contributed by atoms with Gasteiger partial charge in [0.05, 0.1) is 0 Å². The van der Waals surface area contributed by atoms with E-state index in [2.05, 4.69) is 37.5 Å². The third kappa shape index (κ3) is 10.7. The normalized spacial score (nSPS) is 16.2. The lowest BCUT2D eigenvalue weighted by Gasteiger charge is -2.28. The molecule has 0 nitrogen and oxygen atoms in total. The summed E-state index contributed by atoms with van der Waals surface area (Å²) in [6.45, 7) is 0. The zero-order valence-electron chi connectivity index (χ0n) is 9.64. The molecule has 2 heteroatoms. The maximum atomic E-state index is 2.41. The van der Waals surface area contributed by atoms with Gasteiger partial charge in [-0.25, -0.2) is 20.1 Å². The first-order valence-electron chi connectivity index (χ1n) is 4.53. The van der Waals surface area contributed by atoms with Gasteiger partial charge in [-0.3, -0.25) is 0 Å². The smallest absolute Gasteiger partial charge is 0.0235 e. The second-order valence-electron chi connectivity index (χ2n) is 5.30. The lowest BCUT2D eigenvalue weighted by molar-refractivity contribution is 0.900.